The van der Waals surface area contributed by atoms with Gasteiger partial charge < -0.3 is 9.84 Å². The van der Waals surface area contributed by atoms with E-state index in [4.69, 9.17) is 5.11 Å². The average Bonchev–Trinajstić information content (AvgIpc) is 2.57. The van der Waals surface area contributed by atoms with Crippen LogP contribution in [0.15, 0.2) is 12.1 Å². The van der Waals surface area contributed by atoms with Gasteiger partial charge in [-0.2, -0.15) is 0 Å². The lowest BCUT2D eigenvalue weighted by atomic mass is 9.97. The molecule has 0 aromatic heterocycles. The summed E-state index contributed by atoms with van der Waals surface area (Å²) in [7, 11) is 1.01. The fourth-order valence-corrected chi connectivity index (χ4v) is 2.29. The molecule has 0 aliphatic carbocycles. The van der Waals surface area contributed by atoms with Crippen molar-refractivity contribution < 1.29 is 36.7 Å². The highest BCUT2D eigenvalue weighted by Crippen LogP contribution is 2.39. The van der Waals surface area contributed by atoms with E-state index >= 15 is 0 Å². The summed E-state index contributed by atoms with van der Waals surface area (Å²) in [6, 6.07) is 0.953. The van der Waals surface area contributed by atoms with Crippen molar-refractivity contribution in [2.45, 2.75) is 6.42 Å². The van der Waals surface area contributed by atoms with Gasteiger partial charge in [-0.1, -0.05) is 0 Å². The number of nitrogens with zero attached hydrogens (tertiary/aromatic N) is 1. The van der Waals surface area contributed by atoms with E-state index in [2.05, 4.69) is 4.74 Å². The number of hydrogen-bond acceptors (Lipinski definition) is 4. The van der Waals surface area contributed by atoms with Crippen molar-refractivity contribution in [2.75, 3.05) is 13.7 Å². The summed E-state index contributed by atoms with van der Waals surface area (Å²) in [6.07, 6.45) is -0.707. The number of aliphatic hydroxyl groups excluding tert-OH is 1. The minimum absolute atomic E-state index is 0.454. The van der Waals surface area contributed by atoms with E-state index in [1.165, 1.54) is 0 Å². The molecule has 2 aromatic carbocycles. The lowest BCUT2D eigenvalue weighted by Gasteiger charge is -2.13. The zero-order valence-corrected chi connectivity index (χ0v) is 12.6. The minimum Gasteiger partial charge on any atom is -0.490 e. The molecule has 0 fully saturated rings. The van der Waals surface area contributed by atoms with Crippen LogP contribution >= 0.6 is 0 Å². The molecule has 0 saturated heterocycles. The third-order valence-electron chi connectivity index (χ3n) is 3.45. The molecule has 2 aromatic rings. The van der Waals surface area contributed by atoms with Crippen LogP contribution < -0.4 is 4.74 Å². The Balaban J connectivity index is 2.87. The van der Waals surface area contributed by atoms with Gasteiger partial charge in [0.2, 0.25) is 0 Å². The summed E-state index contributed by atoms with van der Waals surface area (Å²) >= 11 is 0. The first-order valence-corrected chi connectivity index (χ1v) is 6.72. The summed E-state index contributed by atoms with van der Waals surface area (Å²) in [6.45, 7) is -0.788. The van der Waals surface area contributed by atoms with E-state index in [0.717, 1.165) is 7.11 Å². The number of benzene rings is 2. The second kappa shape index (κ2) is 7.01. The Morgan fingerprint density at radius 3 is 2.24 bits per heavy atom. The predicted molar refractivity (Wildman–Crippen MR) is 75.7 cm³/mol. The SMILES string of the molecule is COc1cc(F)c(-c2c(F)c(F)c(F)c(CCO)c2F)cc1[N+](=O)[O-]. The van der Waals surface area contributed by atoms with Crippen molar-refractivity contribution in [3.8, 4) is 16.9 Å². The smallest absolute Gasteiger partial charge is 0.311 e. The summed E-state index contributed by atoms with van der Waals surface area (Å²) in [5, 5.41) is 19.8. The van der Waals surface area contributed by atoms with Gasteiger partial charge in [-0.15, -0.1) is 0 Å². The Morgan fingerprint density at radius 1 is 1.08 bits per heavy atom. The molecule has 0 aliphatic heterocycles. The van der Waals surface area contributed by atoms with Gasteiger partial charge in [0, 0.05) is 36.3 Å². The first-order chi connectivity index (χ1) is 11.7. The van der Waals surface area contributed by atoms with Gasteiger partial charge in [-0.25, -0.2) is 22.0 Å². The van der Waals surface area contributed by atoms with Crippen LogP contribution in [-0.2, 0) is 6.42 Å². The van der Waals surface area contributed by atoms with Gasteiger partial charge in [0.1, 0.15) is 11.6 Å². The molecular weight excluding hydrogens is 353 g/mol. The molecule has 0 spiro atoms. The summed E-state index contributed by atoms with van der Waals surface area (Å²) in [4.78, 5) is 9.99. The van der Waals surface area contributed by atoms with E-state index < -0.39 is 75.2 Å². The van der Waals surface area contributed by atoms with Crippen LogP contribution in [-0.4, -0.2) is 23.7 Å². The van der Waals surface area contributed by atoms with Crippen LogP contribution in [0, 0.1) is 39.2 Å². The summed E-state index contributed by atoms with van der Waals surface area (Å²) < 4.78 is 74.6. The van der Waals surface area contributed by atoms with Gasteiger partial charge in [0.05, 0.1) is 17.6 Å². The molecule has 10 heteroatoms. The van der Waals surface area contributed by atoms with Crippen LogP contribution in [0.3, 0.4) is 0 Å². The second-order valence-electron chi connectivity index (χ2n) is 4.84. The standard InChI is InChI=1S/C15H10F5NO4/c1-25-10-5-8(16)7(4-9(10)21(23)24)11-12(17)6(2-3-22)13(18)15(20)14(11)19/h4-5,22H,2-3H2,1H3. The van der Waals surface area contributed by atoms with Crippen molar-refractivity contribution in [3.05, 3.63) is 56.9 Å². The van der Waals surface area contributed by atoms with Gasteiger partial charge >= 0.3 is 5.69 Å². The Kier molecular flexibility index (Phi) is 5.21. The third-order valence-corrected chi connectivity index (χ3v) is 3.45. The zero-order chi connectivity index (χ0) is 18.9. The van der Waals surface area contributed by atoms with Gasteiger partial charge in [-0.3, -0.25) is 10.1 Å². The Labute approximate surface area is 137 Å². The molecule has 0 bridgehead atoms. The zero-order valence-electron chi connectivity index (χ0n) is 12.6. The molecule has 0 atom stereocenters. The quantitative estimate of drug-likeness (QED) is 0.290. The van der Waals surface area contributed by atoms with Crippen LogP contribution in [0.1, 0.15) is 5.56 Å². The second-order valence-corrected chi connectivity index (χ2v) is 4.84. The van der Waals surface area contributed by atoms with Crippen molar-refractivity contribution in [1.29, 1.82) is 0 Å². The van der Waals surface area contributed by atoms with E-state index in [9.17, 15) is 32.1 Å². The molecule has 134 valence electrons. The van der Waals surface area contributed by atoms with Crippen molar-refractivity contribution in [1.82, 2.24) is 0 Å². The number of nitro benzene ring substituents is 1. The normalized spacial score (nSPS) is 10.8. The highest BCUT2D eigenvalue weighted by atomic mass is 19.2. The predicted octanol–water partition coefficient (Wildman–Crippen LogP) is 3.50. The largest absolute Gasteiger partial charge is 0.490 e. The summed E-state index contributed by atoms with van der Waals surface area (Å²) in [5.41, 5.74) is -4.13. The average molecular weight is 363 g/mol. The van der Waals surface area contributed by atoms with Crippen LogP contribution in [0.2, 0.25) is 0 Å². The van der Waals surface area contributed by atoms with E-state index in [-0.39, 0.29) is 0 Å². The first kappa shape index (κ1) is 18.6. The molecule has 0 saturated carbocycles. The van der Waals surface area contributed by atoms with Gasteiger partial charge in [-0.05, 0) is 0 Å². The lowest BCUT2D eigenvalue weighted by molar-refractivity contribution is -0.385. The third kappa shape index (κ3) is 3.12. The highest BCUT2D eigenvalue weighted by molar-refractivity contribution is 5.71. The molecule has 0 heterocycles. The Bertz CT molecular complexity index is 857. The fraction of sp³-hybridized carbons (Fsp3) is 0.200. The van der Waals surface area contributed by atoms with Crippen molar-refractivity contribution in [2.24, 2.45) is 0 Å². The number of hydrogen-bond donors (Lipinski definition) is 1. The Hall–Kier alpha value is -2.75. The molecule has 0 unspecified atom stereocenters. The number of aliphatic hydroxyl groups is 1. The molecule has 1 N–H and O–H groups in total. The van der Waals surface area contributed by atoms with E-state index in [1.54, 1.807) is 0 Å². The maximum atomic E-state index is 14.4. The van der Waals surface area contributed by atoms with Crippen LogP contribution in [0.5, 0.6) is 5.75 Å². The van der Waals surface area contributed by atoms with Crippen LogP contribution in [0.4, 0.5) is 27.6 Å². The van der Waals surface area contributed by atoms with Crippen LogP contribution in [0.25, 0.3) is 11.1 Å². The highest BCUT2D eigenvalue weighted by Gasteiger charge is 2.29. The molecule has 25 heavy (non-hydrogen) atoms. The van der Waals surface area contributed by atoms with Gasteiger partial charge in [0.15, 0.2) is 23.2 Å². The number of halogens is 5. The topological polar surface area (TPSA) is 72.6 Å². The molecule has 5 nitrogen and oxygen atoms in total. The lowest BCUT2D eigenvalue weighted by Crippen LogP contribution is -2.09. The number of rotatable bonds is 5. The van der Waals surface area contributed by atoms with Crippen molar-refractivity contribution >= 4 is 5.69 Å². The minimum atomic E-state index is -2.09. The number of methoxy groups -OCH3 is 1. The maximum Gasteiger partial charge on any atom is 0.311 e. The maximum absolute atomic E-state index is 14.4. The first-order valence-electron chi connectivity index (χ1n) is 6.72. The van der Waals surface area contributed by atoms with Crippen molar-refractivity contribution in [3.63, 3.8) is 0 Å². The van der Waals surface area contributed by atoms with E-state index in [0.29, 0.717) is 12.1 Å². The molecule has 0 amide bonds. The summed E-state index contributed by atoms with van der Waals surface area (Å²) in [5.74, 6) is -9.53. The monoisotopic (exact) mass is 363 g/mol. The number of nitro groups is 1. The Morgan fingerprint density at radius 2 is 1.72 bits per heavy atom. The number of ether oxygens (including phenoxy) is 1. The van der Waals surface area contributed by atoms with Gasteiger partial charge in [0.25, 0.3) is 0 Å². The molecule has 0 radical (unpaired) electrons. The molecule has 2 rings (SSSR count). The van der Waals surface area contributed by atoms with E-state index in [1.807, 2.05) is 0 Å². The molecular formula is C15H10F5NO4. The molecule has 0 aliphatic rings. The fourth-order valence-electron chi connectivity index (χ4n) is 2.29.